The average molecular weight is 413 g/mol. The molecular weight excluding hydrogens is 384 g/mol. The van der Waals surface area contributed by atoms with Crippen LogP contribution >= 0.6 is 0 Å². The number of amides is 1. The van der Waals surface area contributed by atoms with Gasteiger partial charge in [0.15, 0.2) is 0 Å². The lowest BCUT2D eigenvalue weighted by Gasteiger charge is -2.32. The molecule has 4 rings (SSSR count). The Morgan fingerprint density at radius 3 is 2.45 bits per heavy atom. The molecular formula is C26H28N4O. The summed E-state index contributed by atoms with van der Waals surface area (Å²) >= 11 is 0. The predicted octanol–water partition coefficient (Wildman–Crippen LogP) is 4.54. The third-order valence-corrected chi connectivity index (χ3v) is 6.26. The molecule has 1 unspecified atom stereocenters. The number of nitrogens with two attached hydrogens (primary N) is 1. The van der Waals surface area contributed by atoms with E-state index in [4.69, 9.17) is 11.1 Å². The maximum absolute atomic E-state index is 13.1. The normalized spacial score (nSPS) is 15.5. The van der Waals surface area contributed by atoms with E-state index in [1.54, 1.807) is 6.20 Å². The van der Waals surface area contributed by atoms with E-state index in [1.807, 2.05) is 53.6 Å². The zero-order valence-electron chi connectivity index (χ0n) is 17.8. The van der Waals surface area contributed by atoms with Crippen LogP contribution in [0.5, 0.6) is 0 Å². The van der Waals surface area contributed by atoms with E-state index >= 15 is 0 Å². The van der Waals surface area contributed by atoms with Crippen LogP contribution in [-0.4, -0.2) is 34.7 Å². The van der Waals surface area contributed by atoms with Crippen LogP contribution in [0.15, 0.2) is 73.1 Å². The van der Waals surface area contributed by atoms with E-state index in [2.05, 4.69) is 30.1 Å². The maximum Gasteiger partial charge on any atom is 0.255 e. The Bertz CT molecular complexity index is 1070. The number of likely N-dealkylation sites (tertiary alicyclic amines) is 1. The first-order chi connectivity index (χ1) is 15.0. The molecule has 0 bridgehead atoms. The van der Waals surface area contributed by atoms with Crippen LogP contribution in [0.1, 0.15) is 64.2 Å². The van der Waals surface area contributed by atoms with Gasteiger partial charge in [-0.3, -0.25) is 15.2 Å². The molecule has 0 saturated carbocycles. The predicted molar refractivity (Wildman–Crippen MR) is 124 cm³/mol. The highest BCUT2D eigenvalue weighted by atomic mass is 16.2. The third kappa shape index (κ3) is 4.66. The molecule has 1 amide bonds. The Morgan fingerprint density at radius 1 is 1.00 bits per heavy atom. The lowest BCUT2D eigenvalue weighted by Crippen LogP contribution is -2.38. The number of hydrogen-bond donors (Lipinski definition) is 2. The number of pyridine rings is 1. The topological polar surface area (TPSA) is 83.1 Å². The smallest absolute Gasteiger partial charge is 0.255 e. The first-order valence-corrected chi connectivity index (χ1v) is 10.8. The minimum absolute atomic E-state index is 0.0468. The van der Waals surface area contributed by atoms with Gasteiger partial charge in [-0.15, -0.1) is 0 Å². The monoisotopic (exact) mass is 412 g/mol. The van der Waals surface area contributed by atoms with Crippen molar-refractivity contribution in [1.29, 1.82) is 5.41 Å². The van der Waals surface area contributed by atoms with Crippen molar-refractivity contribution in [2.75, 3.05) is 13.1 Å². The van der Waals surface area contributed by atoms with Crippen molar-refractivity contribution in [3.63, 3.8) is 0 Å². The molecule has 5 heteroatoms. The highest BCUT2D eigenvalue weighted by Crippen LogP contribution is 2.30. The molecule has 31 heavy (non-hydrogen) atoms. The lowest BCUT2D eigenvalue weighted by molar-refractivity contribution is 0.0712. The molecule has 0 spiro atoms. The Hall–Kier alpha value is -3.47. The van der Waals surface area contributed by atoms with Crippen molar-refractivity contribution >= 4 is 11.7 Å². The van der Waals surface area contributed by atoms with Crippen LogP contribution in [0.4, 0.5) is 0 Å². The first kappa shape index (κ1) is 20.8. The van der Waals surface area contributed by atoms with Crippen LogP contribution in [-0.2, 0) is 0 Å². The van der Waals surface area contributed by atoms with Crippen molar-refractivity contribution < 1.29 is 4.79 Å². The number of benzene rings is 2. The van der Waals surface area contributed by atoms with Crippen molar-refractivity contribution in [3.8, 4) is 0 Å². The molecule has 2 aromatic carbocycles. The van der Waals surface area contributed by atoms with Crippen molar-refractivity contribution in [1.82, 2.24) is 9.88 Å². The third-order valence-electron chi connectivity index (χ3n) is 6.26. The van der Waals surface area contributed by atoms with Gasteiger partial charge in [-0.2, -0.15) is 0 Å². The zero-order chi connectivity index (χ0) is 21.8. The SMILES string of the molecule is CC(c1ccccc1)c1cncc(C(=O)N2CCC(c3cccc(C(=N)N)c3)CC2)c1. The molecule has 1 saturated heterocycles. The van der Waals surface area contributed by atoms with Crippen molar-refractivity contribution in [3.05, 3.63) is 101 Å². The van der Waals surface area contributed by atoms with Crippen LogP contribution < -0.4 is 5.73 Å². The number of rotatable bonds is 5. The van der Waals surface area contributed by atoms with Crippen LogP contribution in [0.25, 0.3) is 0 Å². The van der Waals surface area contributed by atoms with E-state index in [9.17, 15) is 4.79 Å². The van der Waals surface area contributed by atoms with Gasteiger partial charge in [0.05, 0.1) is 5.56 Å². The Balaban J connectivity index is 1.43. The number of amidine groups is 1. The summed E-state index contributed by atoms with van der Waals surface area (Å²) in [5.41, 5.74) is 10.5. The van der Waals surface area contributed by atoms with Gasteiger partial charge in [0.1, 0.15) is 5.84 Å². The van der Waals surface area contributed by atoms with Gasteiger partial charge in [0, 0.05) is 37.0 Å². The molecule has 158 valence electrons. The molecule has 1 aromatic heterocycles. The van der Waals surface area contributed by atoms with Crippen molar-refractivity contribution in [2.45, 2.75) is 31.6 Å². The standard InChI is InChI=1S/C26H28N4O/c1-18(19-6-3-2-4-7-19)23-15-24(17-29-16-23)26(31)30-12-10-20(11-13-30)21-8-5-9-22(14-21)25(27)28/h2-9,14-18,20H,10-13H2,1H3,(H3,27,28). The van der Waals surface area contributed by atoms with Gasteiger partial charge in [0.2, 0.25) is 0 Å². The van der Waals surface area contributed by atoms with Crippen LogP contribution in [0.3, 0.4) is 0 Å². The molecule has 1 aliphatic rings. The summed E-state index contributed by atoms with van der Waals surface area (Å²) in [4.78, 5) is 19.4. The minimum Gasteiger partial charge on any atom is -0.384 e. The molecule has 0 radical (unpaired) electrons. The molecule has 5 nitrogen and oxygen atoms in total. The van der Waals surface area contributed by atoms with Crippen LogP contribution in [0, 0.1) is 5.41 Å². The fourth-order valence-corrected chi connectivity index (χ4v) is 4.30. The van der Waals surface area contributed by atoms with E-state index < -0.39 is 0 Å². The quantitative estimate of drug-likeness (QED) is 0.477. The number of nitrogen functional groups attached to an aromatic ring is 1. The second-order valence-corrected chi connectivity index (χ2v) is 8.24. The van der Waals surface area contributed by atoms with E-state index in [0.717, 1.165) is 24.0 Å². The Morgan fingerprint density at radius 2 is 1.74 bits per heavy atom. The summed E-state index contributed by atoms with van der Waals surface area (Å²) in [7, 11) is 0. The molecule has 2 heterocycles. The average Bonchev–Trinajstić information content (AvgIpc) is 2.84. The van der Waals surface area contributed by atoms with Crippen molar-refractivity contribution in [2.24, 2.45) is 5.73 Å². The number of nitrogens with one attached hydrogen (secondary N) is 1. The molecule has 1 atom stereocenters. The summed E-state index contributed by atoms with van der Waals surface area (Å²) in [5, 5.41) is 7.65. The van der Waals surface area contributed by atoms with Gasteiger partial charge >= 0.3 is 0 Å². The number of piperidine rings is 1. The molecule has 1 aliphatic heterocycles. The Labute approximate surface area is 183 Å². The van der Waals surface area contributed by atoms with Crippen LogP contribution in [0.2, 0.25) is 0 Å². The number of carbonyl (C=O) groups excluding carboxylic acids is 1. The van der Waals surface area contributed by atoms with Gasteiger partial charge in [-0.05, 0) is 47.6 Å². The molecule has 0 aliphatic carbocycles. The second kappa shape index (κ2) is 9.13. The summed E-state index contributed by atoms with van der Waals surface area (Å²) in [6, 6.07) is 20.2. The van der Waals surface area contributed by atoms with Gasteiger partial charge < -0.3 is 10.6 Å². The van der Waals surface area contributed by atoms with E-state index in [-0.39, 0.29) is 17.7 Å². The van der Waals surface area contributed by atoms with Gasteiger partial charge in [-0.1, -0.05) is 55.5 Å². The number of nitrogens with zero attached hydrogens (tertiary/aromatic N) is 2. The molecule has 3 aromatic rings. The highest BCUT2D eigenvalue weighted by Gasteiger charge is 2.25. The largest absolute Gasteiger partial charge is 0.384 e. The highest BCUT2D eigenvalue weighted by molar-refractivity contribution is 5.95. The minimum atomic E-state index is 0.0468. The maximum atomic E-state index is 13.1. The first-order valence-electron chi connectivity index (χ1n) is 10.8. The second-order valence-electron chi connectivity index (χ2n) is 8.24. The number of aromatic nitrogens is 1. The molecule has 1 fully saturated rings. The van der Waals surface area contributed by atoms with E-state index in [1.165, 1.54) is 11.1 Å². The summed E-state index contributed by atoms with van der Waals surface area (Å²) in [6.45, 7) is 3.57. The lowest BCUT2D eigenvalue weighted by atomic mass is 9.88. The Kier molecular flexibility index (Phi) is 6.12. The fourth-order valence-electron chi connectivity index (χ4n) is 4.30. The van der Waals surface area contributed by atoms with E-state index in [0.29, 0.717) is 24.6 Å². The number of hydrogen-bond acceptors (Lipinski definition) is 3. The fraction of sp³-hybridized carbons (Fsp3) is 0.269. The molecule has 3 N–H and O–H groups in total. The van der Waals surface area contributed by atoms with Gasteiger partial charge in [0.25, 0.3) is 5.91 Å². The summed E-state index contributed by atoms with van der Waals surface area (Å²) < 4.78 is 0. The summed E-state index contributed by atoms with van der Waals surface area (Å²) in [5.74, 6) is 0.698. The summed E-state index contributed by atoms with van der Waals surface area (Å²) in [6.07, 6.45) is 5.33. The van der Waals surface area contributed by atoms with Gasteiger partial charge in [-0.25, -0.2) is 0 Å². The number of carbonyl (C=O) groups is 1. The zero-order valence-corrected chi connectivity index (χ0v) is 17.8.